The first-order valence-corrected chi connectivity index (χ1v) is 13.5. The Morgan fingerprint density at radius 3 is 2.64 bits per heavy atom. The van der Waals surface area contributed by atoms with Gasteiger partial charge in [0, 0.05) is 34.2 Å². The molecule has 0 saturated carbocycles. The number of thiophene rings is 1. The third kappa shape index (κ3) is 5.36. The number of benzene rings is 2. The number of anilines is 2. The summed E-state index contributed by atoms with van der Waals surface area (Å²) in [7, 11) is 0. The number of amides is 1. The van der Waals surface area contributed by atoms with E-state index in [0.29, 0.717) is 42.2 Å². The minimum atomic E-state index is -0.381. The second-order valence-electron chi connectivity index (χ2n) is 8.58. The summed E-state index contributed by atoms with van der Waals surface area (Å²) in [4.78, 5) is 33.0. The Morgan fingerprint density at radius 2 is 1.89 bits per heavy atom. The van der Waals surface area contributed by atoms with E-state index in [1.165, 1.54) is 17.4 Å². The Bertz CT molecular complexity index is 1400. The average molecular weight is 615 g/mol. The molecular formula is C27H23FIN3O3S. The monoisotopic (exact) mass is 615 g/mol. The van der Waals surface area contributed by atoms with Gasteiger partial charge in [0.15, 0.2) is 5.78 Å². The van der Waals surface area contributed by atoms with Gasteiger partial charge in [-0.15, -0.1) is 0 Å². The van der Waals surface area contributed by atoms with Crippen LogP contribution in [0.3, 0.4) is 0 Å². The number of halogens is 2. The highest BCUT2D eigenvalue weighted by molar-refractivity contribution is 14.1. The molecule has 0 radical (unpaired) electrons. The molecule has 0 spiro atoms. The Morgan fingerprint density at radius 1 is 1.11 bits per heavy atom. The molecular weight excluding hydrogens is 592 g/mol. The van der Waals surface area contributed by atoms with Gasteiger partial charge in [-0.2, -0.15) is 0 Å². The Balaban J connectivity index is 1.30. The predicted molar refractivity (Wildman–Crippen MR) is 147 cm³/mol. The van der Waals surface area contributed by atoms with Crippen LogP contribution in [-0.4, -0.2) is 34.8 Å². The molecule has 0 bridgehead atoms. The quantitative estimate of drug-likeness (QED) is 0.187. The number of aromatic nitrogens is 1. The predicted octanol–water partition coefficient (Wildman–Crippen LogP) is 7.02. The van der Waals surface area contributed by atoms with Gasteiger partial charge < -0.3 is 15.0 Å². The molecule has 0 aliphatic carbocycles. The van der Waals surface area contributed by atoms with E-state index >= 15 is 0 Å². The fourth-order valence-corrected chi connectivity index (χ4v) is 5.83. The van der Waals surface area contributed by atoms with Crippen LogP contribution < -0.4 is 5.32 Å². The number of pyridine rings is 1. The van der Waals surface area contributed by atoms with Crippen molar-refractivity contribution in [2.45, 2.75) is 19.4 Å². The van der Waals surface area contributed by atoms with Crippen LogP contribution in [0, 0.1) is 15.3 Å². The molecule has 1 N–H and O–H groups in total. The van der Waals surface area contributed by atoms with Crippen molar-refractivity contribution in [1.29, 1.82) is 0 Å². The van der Waals surface area contributed by atoms with Crippen molar-refractivity contribution in [3.05, 3.63) is 87.4 Å². The van der Waals surface area contributed by atoms with E-state index in [0.717, 1.165) is 19.4 Å². The number of hydrogen-bond donors (Lipinski definition) is 1. The first kappa shape index (κ1) is 24.6. The number of ether oxygens (including phenoxy) is 1. The van der Waals surface area contributed by atoms with Gasteiger partial charge >= 0.3 is 6.09 Å². The average Bonchev–Trinajstić information content (AvgIpc) is 3.27. The maximum Gasteiger partial charge on any atom is 0.410 e. The van der Waals surface area contributed by atoms with Gasteiger partial charge in [0.1, 0.15) is 22.3 Å². The maximum atomic E-state index is 14.6. The van der Waals surface area contributed by atoms with E-state index in [9.17, 15) is 14.0 Å². The summed E-state index contributed by atoms with van der Waals surface area (Å²) < 4.78 is 20.8. The largest absolute Gasteiger partial charge is 0.445 e. The number of ketones is 1. The van der Waals surface area contributed by atoms with Crippen LogP contribution in [0.4, 0.5) is 19.9 Å². The molecule has 1 amide bonds. The van der Waals surface area contributed by atoms with Crippen LogP contribution in [0.15, 0.2) is 66.9 Å². The van der Waals surface area contributed by atoms with Gasteiger partial charge in [0.25, 0.3) is 0 Å². The molecule has 0 unspecified atom stereocenters. The minimum Gasteiger partial charge on any atom is -0.445 e. The number of nitrogens with zero attached hydrogens (tertiary/aromatic N) is 2. The van der Waals surface area contributed by atoms with Crippen molar-refractivity contribution in [2.75, 3.05) is 18.4 Å². The molecule has 184 valence electrons. The molecule has 6 nitrogen and oxygen atoms in total. The van der Waals surface area contributed by atoms with Crippen LogP contribution in [-0.2, 0) is 11.3 Å². The smallest absolute Gasteiger partial charge is 0.410 e. The van der Waals surface area contributed by atoms with Gasteiger partial charge in [0.05, 0.1) is 11.3 Å². The van der Waals surface area contributed by atoms with E-state index in [-0.39, 0.29) is 30.2 Å². The van der Waals surface area contributed by atoms with Crippen LogP contribution in [0.5, 0.6) is 0 Å². The molecule has 4 aromatic rings. The molecule has 1 saturated heterocycles. The number of nitrogens with one attached hydrogen (secondary N) is 1. The first-order chi connectivity index (χ1) is 17.5. The number of piperidine rings is 1. The SMILES string of the molecule is O=C(c1c(Nc2ccc(I)cc2F)sc2ncccc12)C1CCN(C(=O)OCc2ccccc2)CC1. The van der Waals surface area contributed by atoms with Crippen molar-refractivity contribution in [3.63, 3.8) is 0 Å². The number of carbonyl (C=O) groups excluding carboxylic acids is 2. The standard InChI is InChI=1S/C27H23FIN3O3S/c28-21-15-19(29)8-9-22(21)31-26-23(20-7-4-12-30-25(20)36-26)24(33)18-10-13-32(14-11-18)27(34)35-16-17-5-2-1-3-6-17/h1-9,12,15,18,31H,10-11,13-14,16H2. The van der Waals surface area contributed by atoms with E-state index in [1.54, 1.807) is 23.2 Å². The van der Waals surface area contributed by atoms with Gasteiger partial charge in [0.2, 0.25) is 0 Å². The summed E-state index contributed by atoms with van der Waals surface area (Å²) in [6.45, 7) is 1.11. The molecule has 1 aliphatic rings. The number of rotatable bonds is 6. The van der Waals surface area contributed by atoms with E-state index < -0.39 is 0 Å². The Labute approximate surface area is 225 Å². The molecule has 5 rings (SSSR count). The molecule has 2 aromatic heterocycles. The summed E-state index contributed by atoms with van der Waals surface area (Å²) in [5, 5.41) is 4.47. The molecule has 1 fully saturated rings. The third-order valence-corrected chi connectivity index (χ3v) is 7.92. The normalized spacial score (nSPS) is 14.1. The number of hydrogen-bond acceptors (Lipinski definition) is 6. The van der Waals surface area contributed by atoms with Crippen molar-refractivity contribution in [3.8, 4) is 0 Å². The van der Waals surface area contributed by atoms with E-state index in [4.69, 9.17) is 4.74 Å². The summed E-state index contributed by atoms with van der Waals surface area (Å²) in [6, 6.07) is 18.1. The second kappa shape index (κ2) is 10.9. The van der Waals surface area contributed by atoms with Gasteiger partial charge in [-0.05, 0) is 71.3 Å². The summed E-state index contributed by atoms with van der Waals surface area (Å²) in [5.41, 5.74) is 1.77. The highest BCUT2D eigenvalue weighted by Crippen LogP contribution is 2.39. The van der Waals surface area contributed by atoms with Gasteiger partial charge in [-0.3, -0.25) is 4.79 Å². The lowest BCUT2D eigenvalue weighted by Crippen LogP contribution is -2.40. The number of fused-ring (bicyclic) bond motifs is 1. The fraction of sp³-hybridized carbons (Fsp3) is 0.222. The van der Waals surface area contributed by atoms with Crippen LogP contribution in [0.25, 0.3) is 10.2 Å². The third-order valence-electron chi connectivity index (χ3n) is 6.22. The minimum absolute atomic E-state index is 0.0139. The highest BCUT2D eigenvalue weighted by Gasteiger charge is 2.32. The molecule has 9 heteroatoms. The number of Topliss-reactive ketones (excluding diaryl/α,β-unsaturated/α-hetero) is 1. The van der Waals surface area contributed by atoms with Crippen molar-refractivity contribution in [1.82, 2.24) is 9.88 Å². The molecule has 3 heterocycles. The summed E-state index contributed by atoms with van der Waals surface area (Å²) in [5.74, 6) is -0.642. The summed E-state index contributed by atoms with van der Waals surface area (Å²) in [6.07, 6.45) is 2.39. The zero-order chi connectivity index (χ0) is 25.1. The lowest BCUT2D eigenvalue weighted by molar-refractivity contribution is 0.0714. The highest BCUT2D eigenvalue weighted by atomic mass is 127. The lowest BCUT2D eigenvalue weighted by Gasteiger charge is -2.30. The van der Waals surface area contributed by atoms with Crippen LogP contribution in [0.1, 0.15) is 28.8 Å². The first-order valence-electron chi connectivity index (χ1n) is 11.6. The molecule has 0 atom stereocenters. The van der Waals surface area contributed by atoms with Crippen molar-refractivity contribution < 1.29 is 18.7 Å². The van der Waals surface area contributed by atoms with Gasteiger partial charge in [-0.1, -0.05) is 41.7 Å². The van der Waals surface area contributed by atoms with Crippen molar-refractivity contribution in [2.24, 2.45) is 5.92 Å². The maximum absolute atomic E-state index is 14.6. The topological polar surface area (TPSA) is 71.5 Å². The summed E-state index contributed by atoms with van der Waals surface area (Å²) >= 11 is 3.40. The van der Waals surface area contributed by atoms with E-state index in [2.05, 4.69) is 32.9 Å². The molecule has 1 aliphatic heterocycles. The second-order valence-corrected chi connectivity index (χ2v) is 10.8. The Hall–Kier alpha value is -3.05. The fourth-order valence-electron chi connectivity index (χ4n) is 4.32. The molecule has 2 aromatic carbocycles. The zero-order valence-electron chi connectivity index (χ0n) is 19.2. The van der Waals surface area contributed by atoms with E-state index in [1.807, 2.05) is 42.5 Å². The van der Waals surface area contributed by atoms with Gasteiger partial charge in [-0.25, -0.2) is 14.2 Å². The zero-order valence-corrected chi connectivity index (χ0v) is 22.2. The molecule has 36 heavy (non-hydrogen) atoms. The van der Waals surface area contributed by atoms with Crippen molar-refractivity contribution >= 4 is 66.7 Å². The van der Waals surface area contributed by atoms with Crippen LogP contribution in [0.2, 0.25) is 0 Å². The lowest BCUT2D eigenvalue weighted by atomic mass is 9.88. The Kier molecular flexibility index (Phi) is 7.47. The van der Waals surface area contributed by atoms with Crippen LogP contribution >= 0.6 is 33.9 Å². The number of likely N-dealkylation sites (tertiary alicyclic amines) is 1. The number of carbonyl (C=O) groups is 2.